The van der Waals surface area contributed by atoms with Gasteiger partial charge < -0.3 is 50.8 Å². The normalized spacial score (nSPS) is 30.3. The van der Waals surface area contributed by atoms with Crippen LogP contribution in [0.1, 0.15) is 12.5 Å². The van der Waals surface area contributed by atoms with Crippen LogP contribution in [0, 0.1) is 0 Å². The summed E-state index contributed by atoms with van der Waals surface area (Å²) in [7, 11) is -8.25. The Hall–Kier alpha value is -3.44. The first-order valence-electron chi connectivity index (χ1n) is 13.3. The van der Waals surface area contributed by atoms with Crippen molar-refractivity contribution in [2.24, 2.45) is 0 Å². The molecule has 4 aromatic rings. The first-order valence-corrected chi connectivity index (χ1v) is 16.4. The number of hydrogen-bond donors (Lipinski definition) is 8. The van der Waals surface area contributed by atoms with Gasteiger partial charge in [0.2, 0.25) is 14.0 Å². The second kappa shape index (κ2) is 12.6. The predicted molar refractivity (Wildman–Crippen MR) is 151 cm³/mol. The smallest absolute Gasteiger partial charge is 0.394 e. The maximum Gasteiger partial charge on any atom is 0.472 e. The lowest BCUT2D eigenvalue weighted by Gasteiger charge is -2.23. The molecule has 6 heterocycles. The molecule has 10 N–H and O–H groups in total. The van der Waals surface area contributed by atoms with Crippen molar-refractivity contribution in [1.82, 2.24) is 39.0 Å². The molecule has 25 heteroatoms. The third kappa shape index (κ3) is 6.03. The average Bonchev–Trinajstić information content (AvgIpc) is 3.76. The van der Waals surface area contributed by atoms with Crippen molar-refractivity contribution in [2.45, 2.75) is 49.1 Å². The van der Waals surface area contributed by atoms with Crippen molar-refractivity contribution in [1.29, 1.82) is 0 Å². The second-order valence-corrected chi connectivity index (χ2v) is 12.6. The fraction of sp³-hybridized carbons (Fsp3) is 0.524. The molecule has 2 aliphatic rings. The number of rotatable bonds is 11. The number of aliphatic hydroxyl groups excluding tert-OH is 3. The van der Waals surface area contributed by atoms with E-state index in [1.54, 1.807) is 0 Å². The predicted octanol–water partition coefficient (Wildman–Crippen LogP) is -3.06. The molecular formula is C21H28N10O13P2. The van der Waals surface area contributed by atoms with Crippen LogP contribution in [0.15, 0.2) is 23.8 Å². The number of fused-ring (bicyclic) bond motifs is 2. The molecule has 2 aliphatic heterocycles. The van der Waals surface area contributed by atoms with E-state index >= 15 is 0 Å². The molecule has 2 saturated heterocycles. The topological polar surface area (TPSA) is 341 Å². The number of nitrogens with zero attached hydrogens (tertiary/aromatic N) is 7. The molecule has 0 aliphatic carbocycles. The van der Waals surface area contributed by atoms with Crippen LogP contribution in [0.3, 0.4) is 0 Å². The minimum Gasteiger partial charge on any atom is -0.394 e. The van der Waals surface area contributed by atoms with Gasteiger partial charge in [-0.3, -0.25) is 32.5 Å². The van der Waals surface area contributed by atoms with Gasteiger partial charge in [-0.2, -0.15) is 4.98 Å². The molecule has 23 nitrogen and oxygen atoms in total. The Kier molecular flexibility index (Phi) is 8.93. The molecule has 0 spiro atoms. The number of nitrogens with two attached hydrogens (primary N) is 2. The summed E-state index contributed by atoms with van der Waals surface area (Å²) in [4.78, 5) is 54.4. The van der Waals surface area contributed by atoms with Gasteiger partial charge in [-0.15, -0.1) is 0 Å². The number of aromatic amines is 1. The Morgan fingerprint density at radius 1 is 1.00 bits per heavy atom. The summed E-state index contributed by atoms with van der Waals surface area (Å²) in [6, 6.07) is 0. The fourth-order valence-corrected chi connectivity index (χ4v) is 6.49. The minimum absolute atomic E-state index is 0.0585. The van der Waals surface area contributed by atoms with Crippen LogP contribution in [0.4, 0.5) is 11.8 Å². The summed E-state index contributed by atoms with van der Waals surface area (Å²) in [5.74, 6) is -0.197. The third-order valence-corrected chi connectivity index (χ3v) is 8.64. The summed E-state index contributed by atoms with van der Waals surface area (Å²) < 4.78 is 54.1. The number of imidazole rings is 2. The van der Waals surface area contributed by atoms with Crippen molar-refractivity contribution in [3.63, 3.8) is 0 Å². The SMILES string of the molecule is Nc1nc2c(ncn2[C@@H]2O[C@H](COP(=O)(O)OC3[C@@H](CO)O[C@@H](n4cnc5c(N)ncnc54)[C@H]3O)[C@H](O)C2OC[PH](=O)O)c(=O)[nH]1. The number of ether oxygens (including phenoxy) is 3. The first-order chi connectivity index (χ1) is 21.9. The Bertz CT molecular complexity index is 1870. The van der Waals surface area contributed by atoms with Gasteiger partial charge in [0.1, 0.15) is 54.8 Å². The maximum atomic E-state index is 13.0. The van der Waals surface area contributed by atoms with E-state index in [2.05, 4.69) is 29.9 Å². The second-order valence-electron chi connectivity index (χ2n) is 10.2. The largest absolute Gasteiger partial charge is 0.472 e. The van der Waals surface area contributed by atoms with Crippen molar-refractivity contribution >= 4 is 49.9 Å². The van der Waals surface area contributed by atoms with Crippen LogP contribution in [-0.4, -0.2) is 120 Å². The van der Waals surface area contributed by atoms with Crippen LogP contribution in [-0.2, 0) is 32.4 Å². The molecule has 4 unspecified atom stereocenters. The maximum absolute atomic E-state index is 13.0. The van der Waals surface area contributed by atoms with E-state index in [1.807, 2.05) is 0 Å². The van der Waals surface area contributed by atoms with Gasteiger partial charge >= 0.3 is 7.82 Å². The molecule has 0 radical (unpaired) electrons. The van der Waals surface area contributed by atoms with Gasteiger partial charge in [0.05, 0.1) is 25.9 Å². The Morgan fingerprint density at radius 2 is 1.70 bits per heavy atom. The van der Waals surface area contributed by atoms with E-state index in [1.165, 1.54) is 15.5 Å². The van der Waals surface area contributed by atoms with Crippen LogP contribution >= 0.6 is 15.9 Å². The molecule has 0 aromatic carbocycles. The van der Waals surface area contributed by atoms with Crippen molar-refractivity contribution in [2.75, 3.05) is 31.0 Å². The van der Waals surface area contributed by atoms with E-state index in [-0.39, 0.29) is 34.1 Å². The van der Waals surface area contributed by atoms with E-state index in [4.69, 9.17) is 34.7 Å². The van der Waals surface area contributed by atoms with E-state index in [0.29, 0.717) is 0 Å². The number of nitrogen functional groups attached to an aromatic ring is 2. The fourth-order valence-electron chi connectivity index (χ4n) is 5.19. The highest BCUT2D eigenvalue weighted by Crippen LogP contribution is 2.49. The summed E-state index contributed by atoms with van der Waals surface area (Å²) in [5, 5.41) is 31.8. The molecule has 2 fully saturated rings. The Balaban J connectivity index is 1.18. The first kappa shape index (κ1) is 32.5. The highest BCUT2D eigenvalue weighted by Gasteiger charge is 2.51. The highest BCUT2D eigenvalue weighted by atomic mass is 31.2. The van der Waals surface area contributed by atoms with Gasteiger partial charge in [0.25, 0.3) is 5.56 Å². The van der Waals surface area contributed by atoms with Crippen molar-refractivity contribution in [3.8, 4) is 0 Å². The van der Waals surface area contributed by atoms with Gasteiger partial charge in [0, 0.05) is 0 Å². The molecule has 250 valence electrons. The zero-order chi connectivity index (χ0) is 32.9. The van der Waals surface area contributed by atoms with E-state index in [0.717, 1.165) is 12.7 Å². The average molecular weight is 690 g/mol. The van der Waals surface area contributed by atoms with Gasteiger partial charge in [0.15, 0.2) is 35.1 Å². The number of H-pyrrole nitrogens is 1. The van der Waals surface area contributed by atoms with Gasteiger partial charge in [-0.25, -0.2) is 24.5 Å². The Morgan fingerprint density at radius 3 is 2.41 bits per heavy atom. The lowest BCUT2D eigenvalue weighted by Crippen LogP contribution is -2.37. The number of nitrogens with one attached hydrogen (secondary N) is 1. The molecule has 0 saturated carbocycles. The summed E-state index contributed by atoms with van der Waals surface area (Å²) in [5.41, 5.74) is 11.0. The van der Waals surface area contributed by atoms with Crippen molar-refractivity contribution in [3.05, 3.63) is 29.3 Å². The summed E-state index contributed by atoms with van der Waals surface area (Å²) >= 11 is 0. The van der Waals surface area contributed by atoms with Crippen LogP contribution in [0.2, 0.25) is 0 Å². The lowest BCUT2D eigenvalue weighted by molar-refractivity contribution is -0.0649. The molecule has 6 rings (SSSR count). The van der Waals surface area contributed by atoms with Crippen LogP contribution < -0.4 is 17.0 Å². The van der Waals surface area contributed by atoms with Gasteiger partial charge in [-0.1, -0.05) is 0 Å². The number of phosphoric ester groups is 1. The van der Waals surface area contributed by atoms with Gasteiger partial charge in [-0.05, 0) is 0 Å². The van der Waals surface area contributed by atoms with Crippen LogP contribution in [0.25, 0.3) is 22.3 Å². The Labute approximate surface area is 256 Å². The van der Waals surface area contributed by atoms with E-state index < -0.39 is 90.1 Å². The van der Waals surface area contributed by atoms with Crippen LogP contribution in [0.5, 0.6) is 0 Å². The summed E-state index contributed by atoms with van der Waals surface area (Å²) in [6.07, 6.45) is -8.70. The van der Waals surface area contributed by atoms with Crippen molar-refractivity contribution < 1.29 is 57.5 Å². The third-order valence-electron chi connectivity index (χ3n) is 7.24. The van der Waals surface area contributed by atoms with E-state index in [9.17, 15) is 39.0 Å². The zero-order valence-corrected chi connectivity index (χ0v) is 25.1. The number of phosphoric acid groups is 1. The zero-order valence-electron chi connectivity index (χ0n) is 23.2. The molecule has 0 bridgehead atoms. The number of aromatic nitrogens is 8. The number of anilines is 2. The monoisotopic (exact) mass is 690 g/mol. The number of hydrogen-bond acceptors (Lipinski definition) is 18. The standard InChI is InChI=1S/C21H28N10O13P2/c22-15-9-16(25-3-24-15)30(4-26-9)19-12(34)13(7(1-32)42-19)44-46(38,39)41-2-8-11(33)14(40-6-45(36)37)20(43-8)31-5-27-10-17(31)28-21(23)29-18(10)35/h3-5,7-8,11-14,19-20,32-34,45H,1-2,6H2,(H,36,37)(H,38,39)(H2,22,24,25)(H3,23,28,29,35)/t7-,8-,11+,12+,13?,14?,19-,20-/m1/s1. The quantitative estimate of drug-likeness (QED) is 0.0724. The number of aliphatic hydroxyl groups is 3. The molecule has 0 amide bonds. The summed E-state index contributed by atoms with van der Waals surface area (Å²) in [6.45, 7) is -1.54. The minimum atomic E-state index is -5.08. The molecule has 4 aromatic heterocycles. The molecule has 46 heavy (non-hydrogen) atoms. The molecular weight excluding hydrogens is 662 g/mol. The molecule has 10 atom stereocenters. The lowest BCUT2D eigenvalue weighted by atomic mass is 10.1. The highest BCUT2D eigenvalue weighted by molar-refractivity contribution is 7.47.